The van der Waals surface area contributed by atoms with Gasteiger partial charge in [-0.05, 0) is 33.3 Å². The monoisotopic (exact) mass is 369 g/mol. The van der Waals surface area contributed by atoms with Crippen molar-refractivity contribution in [1.29, 1.82) is 0 Å². The summed E-state index contributed by atoms with van der Waals surface area (Å²) in [6.07, 6.45) is 0.323. The molecule has 1 unspecified atom stereocenters. The Morgan fingerprint density at radius 1 is 1.12 bits per heavy atom. The molecule has 0 aromatic heterocycles. The van der Waals surface area contributed by atoms with Gasteiger partial charge in [0.25, 0.3) is 0 Å². The van der Waals surface area contributed by atoms with Gasteiger partial charge in [-0.25, -0.2) is 0 Å². The number of methoxy groups -OCH3 is 3. The lowest BCUT2D eigenvalue weighted by Crippen LogP contribution is -2.37. The number of benzene rings is 1. The zero-order chi connectivity index (χ0) is 19.6. The first-order chi connectivity index (χ1) is 12.3. The third kappa shape index (κ3) is 8.36. The molecule has 0 bridgehead atoms. The van der Waals surface area contributed by atoms with Crippen molar-refractivity contribution in [1.82, 2.24) is 4.90 Å². The van der Waals surface area contributed by atoms with Gasteiger partial charge in [-0.2, -0.15) is 0 Å². The Morgan fingerprint density at radius 2 is 1.85 bits per heavy atom. The van der Waals surface area contributed by atoms with Gasteiger partial charge in [0.15, 0.2) is 11.5 Å². The molecule has 6 heteroatoms. The fourth-order valence-corrected chi connectivity index (χ4v) is 2.68. The lowest BCUT2D eigenvalue weighted by Gasteiger charge is -2.28. The van der Waals surface area contributed by atoms with Crippen molar-refractivity contribution >= 4 is 0 Å². The van der Waals surface area contributed by atoms with E-state index in [-0.39, 0.29) is 5.60 Å². The highest BCUT2D eigenvalue weighted by Crippen LogP contribution is 2.31. The molecule has 1 atom stereocenters. The van der Waals surface area contributed by atoms with E-state index in [1.807, 2.05) is 39.0 Å². The zero-order valence-corrected chi connectivity index (χ0v) is 17.1. The molecule has 6 nitrogen and oxygen atoms in total. The molecular weight excluding hydrogens is 334 g/mol. The fourth-order valence-electron chi connectivity index (χ4n) is 2.68. The average molecular weight is 370 g/mol. The summed E-state index contributed by atoms with van der Waals surface area (Å²) in [5.41, 5.74) is 0.755. The molecule has 0 amide bonds. The SMILES string of the molecule is COCCCN(Cc1cccc(OC)c1OC)CC(O)COC(C)(C)C. The minimum atomic E-state index is -0.562. The predicted molar refractivity (Wildman–Crippen MR) is 103 cm³/mol. The molecule has 26 heavy (non-hydrogen) atoms. The molecule has 0 heterocycles. The molecule has 0 radical (unpaired) electrons. The maximum atomic E-state index is 10.4. The van der Waals surface area contributed by atoms with E-state index in [1.165, 1.54) is 0 Å². The van der Waals surface area contributed by atoms with Gasteiger partial charge < -0.3 is 24.1 Å². The second kappa shape index (κ2) is 11.4. The van der Waals surface area contributed by atoms with Crippen molar-refractivity contribution in [2.24, 2.45) is 0 Å². The molecule has 150 valence electrons. The number of nitrogens with zero attached hydrogens (tertiary/aromatic N) is 1. The number of aliphatic hydroxyl groups excluding tert-OH is 1. The molecule has 0 fully saturated rings. The van der Waals surface area contributed by atoms with Gasteiger partial charge >= 0.3 is 0 Å². The molecule has 0 aliphatic heterocycles. The summed E-state index contributed by atoms with van der Waals surface area (Å²) in [7, 11) is 4.97. The molecule has 1 aromatic rings. The first-order valence-corrected chi connectivity index (χ1v) is 9.04. The van der Waals surface area contributed by atoms with Crippen LogP contribution in [-0.4, -0.2) is 69.3 Å². The van der Waals surface area contributed by atoms with Gasteiger partial charge in [-0.15, -0.1) is 0 Å². The van der Waals surface area contributed by atoms with Crippen LogP contribution in [-0.2, 0) is 16.0 Å². The first-order valence-electron chi connectivity index (χ1n) is 9.04. The van der Waals surface area contributed by atoms with Crippen LogP contribution in [0.2, 0.25) is 0 Å². The van der Waals surface area contributed by atoms with Crippen LogP contribution in [0.15, 0.2) is 18.2 Å². The minimum Gasteiger partial charge on any atom is -0.493 e. The summed E-state index contributed by atoms with van der Waals surface area (Å²) in [6, 6.07) is 5.84. The van der Waals surface area contributed by atoms with Gasteiger partial charge in [0.1, 0.15) is 0 Å². The summed E-state index contributed by atoms with van der Waals surface area (Å²) in [6.45, 7) is 8.91. The maximum absolute atomic E-state index is 10.4. The Balaban J connectivity index is 2.80. The maximum Gasteiger partial charge on any atom is 0.165 e. The van der Waals surface area contributed by atoms with Gasteiger partial charge in [-0.3, -0.25) is 4.90 Å². The second-order valence-corrected chi connectivity index (χ2v) is 7.31. The van der Waals surface area contributed by atoms with Crippen LogP contribution < -0.4 is 9.47 Å². The van der Waals surface area contributed by atoms with Crippen molar-refractivity contribution in [2.45, 2.75) is 45.4 Å². The van der Waals surface area contributed by atoms with Crippen LogP contribution in [0.3, 0.4) is 0 Å². The number of rotatable bonds is 12. The third-order valence-electron chi connectivity index (χ3n) is 3.88. The number of para-hydroxylation sites is 1. The van der Waals surface area contributed by atoms with E-state index in [2.05, 4.69) is 4.90 Å². The van der Waals surface area contributed by atoms with Gasteiger partial charge in [0.2, 0.25) is 0 Å². The molecule has 1 N–H and O–H groups in total. The Kier molecular flexibility index (Phi) is 9.94. The quantitative estimate of drug-likeness (QED) is 0.572. The van der Waals surface area contributed by atoms with Crippen molar-refractivity contribution < 1.29 is 24.1 Å². The second-order valence-electron chi connectivity index (χ2n) is 7.31. The molecule has 0 aliphatic rings. The molecule has 0 spiro atoms. The summed E-state index contributed by atoms with van der Waals surface area (Å²) >= 11 is 0. The van der Waals surface area contributed by atoms with Crippen molar-refractivity contribution in [3.8, 4) is 11.5 Å². The van der Waals surface area contributed by atoms with E-state index in [4.69, 9.17) is 18.9 Å². The minimum absolute atomic E-state index is 0.266. The Morgan fingerprint density at radius 3 is 2.42 bits per heavy atom. The average Bonchev–Trinajstić information content (AvgIpc) is 2.59. The standard InChI is InChI=1S/C20H35NO5/c1-20(2,3)26-15-17(22)14-21(11-8-12-23-4)13-16-9-7-10-18(24-5)19(16)25-6/h7,9-10,17,22H,8,11-15H2,1-6H3. The summed E-state index contributed by atoms with van der Waals surface area (Å²) < 4.78 is 21.8. The number of ether oxygens (including phenoxy) is 4. The van der Waals surface area contributed by atoms with E-state index >= 15 is 0 Å². The zero-order valence-electron chi connectivity index (χ0n) is 17.1. The highest BCUT2D eigenvalue weighted by Gasteiger charge is 2.18. The van der Waals surface area contributed by atoms with E-state index in [0.717, 1.165) is 24.3 Å². The van der Waals surface area contributed by atoms with E-state index in [0.29, 0.717) is 32.1 Å². The molecule has 0 saturated carbocycles. The van der Waals surface area contributed by atoms with E-state index in [9.17, 15) is 5.11 Å². The first kappa shape index (κ1) is 22.7. The Hall–Kier alpha value is -1.34. The summed E-state index contributed by atoms with van der Waals surface area (Å²) in [5, 5.41) is 10.4. The molecule has 0 saturated heterocycles. The van der Waals surface area contributed by atoms with Crippen LogP contribution in [0, 0.1) is 0 Å². The van der Waals surface area contributed by atoms with Crippen LogP contribution in [0.1, 0.15) is 32.8 Å². The fraction of sp³-hybridized carbons (Fsp3) is 0.700. The predicted octanol–water partition coefficient (Wildman–Crippen LogP) is 2.72. The molecule has 0 aliphatic carbocycles. The van der Waals surface area contributed by atoms with Gasteiger partial charge in [-0.1, -0.05) is 12.1 Å². The van der Waals surface area contributed by atoms with E-state index in [1.54, 1.807) is 21.3 Å². The molecule has 1 rings (SSSR count). The van der Waals surface area contributed by atoms with Crippen LogP contribution in [0.5, 0.6) is 11.5 Å². The summed E-state index contributed by atoms with van der Waals surface area (Å²) in [5.74, 6) is 1.44. The smallest absolute Gasteiger partial charge is 0.165 e. The lowest BCUT2D eigenvalue weighted by molar-refractivity contribution is -0.0569. The third-order valence-corrected chi connectivity index (χ3v) is 3.88. The van der Waals surface area contributed by atoms with Crippen molar-refractivity contribution in [3.05, 3.63) is 23.8 Å². The molecular formula is C20H35NO5. The highest BCUT2D eigenvalue weighted by atomic mass is 16.5. The van der Waals surface area contributed by atoms with Gasteiger partial charge in [0.05, 0.1) is 32.5 Å². The lowest BCUT2D eigenvalue weighted by atomic mass is 10.1. The number of hydrogen-bond acceptors (Lipinski definition) is 6. The Labute approximate surface area is 158 Å². The van der Waals surface area contributed by atoms with Crippen molar-refractivity contribution in [2.75, 3.05) is 47.6 Å². The van der Waals surface area contributed by atoms with Crippen LogP contribution in [0.4, 0.5) is 0 Å². The number of aliphatic hydroxyl groups is 1. The van der Waals surface area contributed by atoms with Crippen LogP contribution in [0.25, 0.3) is 0 Å². The highest BCUT2D eigenvalue weighted by molar-refractivity contribution is 5.46. The molecule has 1 aromatic carbocycles. The van der Waals surface area contributed by atoms with Crippen molar-refractivity contribution in [3.63, 3.8) is 0 Å². The topological polar surface area (TPSA) is 60.4 Å². The van der Waals surface area contributed by atoms with Crippen LogP contribution >= 0.6 is 0 Å². The van der Waals surface area contributed by atoms with E-state index < -0.39 is 6.10 Å². The normalized spacial score (nSPS) is 13.1. The largest absolute Gasteiger partial charge is 0.493 e. The number of hydrogen-bond donors (Lipinski definition) is 1. The Bertz CT molecular complexity index is 515. The van der Waals surface area contributed by atoms with Gasteiger partial charge in [0, 0.05) is 38.9 Å². The summed E-state index contributed by atoms with van der Waals surface area (Å²) in [4.78, 5) is 2.19.